The van der Waals surface area contributed by atoms with Crippen molar-refractivity contribution < 1.29 is 9.50 Å². The largest absolute Gasteiger partial charge is 0.390 e. The van der Waals surface area contributed by atoms with Gasteiger partial charge < -0.3 is 14.9 Å². The summed E-state index contributed by atoms with van der Waals surface area (Å²) in [6.45, 7) is 9.37. The number of benzene rings is 1. The van der Waals surface area contributed by atoms with Crippen molar-refractivity contribution >= 4 is 33.8 Å². The SMILES string of the molecule is CCc1nc2ccc(N3CCN(CCN4CC(O)C4)CC3)nn2c1N(C)c1nc(-c2ccc(F)cc2)c(C#N)s1. The van der Waals surface area contributed by atoms with E-state index in [0.717, 1.165) is 75.3 Å². The van der Waals surface area contributed by atoms with E-state index in [9.17, 15) is 14.8 Å². The Kier molecular flexibility index (Phi) is 7.37. The summed E-state index contributed by atoms with van der Waals surface area (Å²) in [5.41, 5.74) is 2.89. The predicted octanol–water partition coefficient (Wildman–Crippen LogP) is 2.99. The quantitative estimate of drug-likeness (QED) is 0.348. The van der Waals surface area contributed by atoms with E-state index in [0.29, 0.717) is 27.7 Å². The van der Waals surface area contributed by atoms with Gasteiger partial charge in [-0.2, -0.15) is 9.78 Å². The molecule has 2 aliphatic rings. The minimum absolute atomic E-state index is 0.154. The zero-order valence-electron chi connectivity index (χ0n) is 22.7. The van der Waals surface area contributed by atoms with E-state index in [2.05, 4.69) is 27.7 Å². The van der Waals surface area contributed by atoms with Gasteiger partial charge in [-0.05, 0) is 42.8 Å². The van der Waals surface area contributed by atoms with Crippen molar-refractivity contribution in [2.45, 2.75) is 19.4 Å². The molecule has 0 amide bonds. The van der Waals surface area contributed by atoms with Crippen LogP contribution < -0.4 is 9.80 Å². The smallest absolute Gasteiger partial charge is 0.192 e. The van der Waals surface area contributed by atoms with Gasteiger partial charge in [-0.25, -0.2) is 14.4 Å². The van der Waals surface area contributed by atoms with Gasteiger partial charge in [0.2, 0.25) is 0 Å². The average Bonchev–Trinajstić information content (AvgIpc) is 3.56. The summed E-state index contributed by atoms with van der Waals surface area (Å²) in [6, 6.07) is 12.3. The molecule has 1 N–H and O–H groups in total. The average molecular weight is 562 g/mol. The molecule has 6 rings (SSSR count). The number of hydrogen-bond donors (Lipinski definition) is 1. The Balaban J connectivity index is 1.23. The number of imidazole rings is 1. The van der Waals surface area contributed by atoms with Crippen molar-refractivity contribution in [3.05, 3.63) is 52.8 Å². The number of aliphatic hydroxyl groups is 1. The lowest BCUT2D eigenvalue weighted by Gasteiger charge is -2.39. The first-order valence-corrected chi connectivity index (χ1v) is 14.4. The van der Waals surface area contributed by atoms with Crippen LogP contribution in [0.3, 0.4) is 0 Å². The van der Waals surface area contributed by atoms with Gasteiger partial charge in [0, 0.05) is 65.0 Å². The Morgan fingerprint density at radius 2 is 1.77 bits per heavy atom. The predicted molar refractivity (Wildman–Crippen MR) is 154 cm³/mol. The van der Waals surface area contributed by atoms with Crippen LogP contribution >= 0.6 is 11.3 Å². The molecule has 0 radical (unpaired) electrons. The Hall–Kier alpha value is -3.63. The third kappa shape index (κ3) is 5.13. The highest BCUT2D eigenvalue weighted by molar-refractivity contribution is 7.16. The number of aryl methyl sites for hydroxylation is 1. The molecule has 0 bridgehead atoms. The van der Waals surface area contributed by atoms with Crippen molar-refractivity contribution in [2.24, 2.45) is 0 Å². The summed E-state index contributed by atoms with van der Waals surface area (Å²) in [4.78, 5) is 19.1. The lowest BCUT2D eigenvalue weighted by atomic mass is 10.1. The first-order chi connectivity index (χ1) is 19.4. The Bertz CT molecular complexity index is 1530. The summed E-state index contributed by atoms with van der Waals surface area (Å²) in [5, 5.41) is 25.0. The van der Waals surface area contributed by atoms with Crippen LogP contribution in [0.25, 0.3) is 16.9 Å². The van der Waals surface area contributed by atoms with Gasteiger partial charge in [0.25, 0.3) is 0 Å². The first kappa shape index (κ1) is 26.6. The maximum absolute atomic E-state index is 13.5. The second kappa shape index (κ2) is 11.1. The molecule has 0 unspecified atom stereocenters. The van der Waals surface area contributed by atoms with Crippen LogP contribution in [0, 0.1) is 17.1 Å². The maximum atomic E-state index is 13.5. The molecule has 10 nitrogen and oxygen atoms in total. The summed E-state index contributed by atoms with van der Waals surface area (Å²) in [7, 11) is 1.92. The number of nitriles is 1. The molecule has 12 heteroatoms. The zero-order chi connectivity index (χ0) is 27.8. The third-order valence-electron chi connectivity index (χ3n) is 7.65. The number of halogens is 1. The Morgan fingerprint density at radius 3 is 2.45 bits per heavy atom. The van der Waals surface area contributed by atoms with E-state index >= 15 is 0 Å². The number of β-amino-alcohol motifs (C(OH)–C–C–N with tert-alkyl or cyclic N) is 1. The lowest BCUT2D eigenvalue weighted by molar-refractivity contribution is -0.00270. The van der Waals surface area contributed by atoms with Crippen molar-refractivity contribution in [3.8, 4) is 17.3 Å². The monoisotopic (exact) mass is 561 g/mol. The molecular weight excluding hydrogens is 529 g/mol. The van der Waals surface area contributed by atoms with Crippen LogP contribution in [0.1, 0.15) is 17.5 Å². The molecule has 2 aliphatic heterocycles. The molecule has 2 saturated heterocycles. The number of hydrogen-bond acceptors (Lipinski definition) is 10. The molecule has 4 aromatic rings. The number of thiazole rings is 1. The number of piperazine rings is 1. The molecule has 1 aromatic carbocycles. The minimum Gasteiger partial charge on any atom is -0.390 e. The van der Waals surface area contributed by atoms with Crippen LogP contribution in [0.15, 0.2) is 36.4 Å². The fourth-order valence-corrected chi connectivity index (χ4v) is 6.18. The number of aliphatic hydroxyl groups excluding tert-OH is 1. The minimum atomic E-state index is -0.330. The van der Waals surface area contributed by atoms with Gasteiger partial charge in [-0.15, -0.1) is 5.10 Å². The summed E-state index contributed by atoms with van der Waals surface area (Å²) < 4.78 is 15.4. The third-order valence-corrected chi connectivity index (χ3v) is 8.69. The van der Waals surface area contributed by atoms with Crippen LogP contribution in [0.4, 0.5) is 21.2 Å². The molecule has 208 valence electrons. The molecule has 0 saturated carbocycles. The van der Waals surface area contributed by atoms with Crippen LogP contribution in [-0.4, -0.2) is 100.0 Å². The molecular formula is C28H32FN9OS. The molecule has 0 atom stereocenters. The highest BCUT2D eigenvalue weighted by atomic mass is 32.1. The van der Waals surface area contributed by atoms with Crippen LogP contribution in [0.5, 0.6) is 0 Å². The maximum Gasteiger partial charge on any atom is 0.192 e. The van der Waals surface area contributed by atoms with Crippen molar-refractivity contribution in [2.75, 3.05) is 69.2 Å². The van der Waals surface area contributed by atoms with E-state index in [4.69, 9.17) is 15.1 Å². The number of rotatable bonds is 8. The molecule has 3 aromatic heterocycles. The lowest BCUT2D eigenvalue weighted by Crippen LogP contribution is -2.54. The van der Waals surface area contributed by atoms with Crippen molar-refractivity contribution in [3.63, 3.8) is 0 Å². The molecule has 2 fully saturated rings. The van der Waals surface area contributed by atoms with Gasteiger partial charge in [-0.3, -0.25) is 9.80 Å². The molecule has 0 aliphatic carbocycles. The van der Waals surface area contributed by atoms with Crippen LogP contribution in [0.2, 0.25) is 0 Å². The fourth-order valence-electron chi connectivity index (χ4n) is 5.33. The van der Waals surface area contributed by atoms with Crippen molar-refractivity contribution in [1.29, 1.82) is 5.26 Å². The zero-order valence-corrected chi connectivity index (χ0v) is 23.5. The molecule has 40 heavy (non-hydrogen) atoms. The summed E-state index contributed by atoms with van der Waals surface area (Å²) in [6.07, 6.45) is 0.561. The van der Waals surface area contributed by atoms with E-state index in [1.54, 1.807) is 12.1 Å². The van der Waals surface area contributed by atoms with E-state index in [1.165, 1.54) is 23.5 Å². The van der Waals surface area contributed by atoms with E-state index in [-0.39, 0.29) is 11.9 Å². The second-order valence-electron chi connectivity index (χ2n) is 10.3. The van der Waals surface area contributed by atoms with Gasteiger partial charge in [0.1, 0.15) is 28.3 Å². The van der Waals surface area contributed by atoms with Gasteiger partial charge in [0.05, 0.1) is 11.8 Å². The summed E-state index contributed by atoms with van der Waals surface area (Å²) >= 11 is 1.30. The van der Waals surface area contributed by atoms with Crippen molar-refractivity contribution in [1.82, 2.24) is 29.4 Å². The number of aromatic nitrogens is 4. The van der Waals surface area contributed by atoms with Crippen LogP contribution in [-0.2, 0) is 6.42 Å². The Labute approximate surface area is 236 Å². The number of anilines is 3. The highest BCUT2D eigenvalue weighted by Crippen LogP contribution is 2.36. The number of fused-ring (bicyclic) bond motifs is 1. The Morgan fingerprint density at radius 1 is 1.05 bits per heavy atom. The second-order valence-corrected chi connectivity index (χ2v) is 11.3. The fraction of sp³-hybridized carbons (Fsp3) is 0.429. The van der Waals surface area contributed by atoms with E-state index < -0.39 is 0 Å². The van der Waals surface area contributed by atoms with Gasteiger partial charge in [-0.1, -0.05) is 18.3 Å². The normalized spacial score (nSPS) is 16.8. The van der Waals surface area contributed by atoms with E-state index in [1.807, 2.05) is 28.6 Å². The van der Waals surface area contributed by atoms with Gasteiger partial charge >= 0.3 is 0 Å². The number of likely N-dealkylation sites (tertiary alicyclic amines) is 1. The first-order valence-electron chi connectivity index (χ1n) is 13.6. The standard InChI is InChI=1S/C28H32FN9OS/c1-3-22-27(34(2)28-32-26(23(16-30)40-28)19-4-6-20(29)7-5-19)38-24(31-22)8-9-25(33-38)37-14-12-35(13-15-37)10-11-36-17-21(39)18-36/h4-9,21,39H,3,10-15,17-18H2,1-2H3. The topological polar surface area (TPSA) is 100 Å². The van der Waals surface area contributed by atoms with Gasteiger partial charge in [0.15, 0.2) is 16.6 Å². The summed E-state index contributed by atoms with van der Waals surface area (Å²) in [5.74, 6) is 1.39. The molecule has 5 heterocycles. The molecule has 0 spiro atoms. The highest BCUT2D eigenvalue weighted by Gasteiger charge is 2.26. The number of nitrogens with zero attached hydrogens (tertiary/aromatic N) is 9.